The number of aryl methyl sites for hydroxylation is 1. The van der Waals surface area contributed by atoms with Crippen molar-refractivity contribution in [1.82, 2.24) is 0 Å². The highest BCUT2D eigenvalue weighted by atomic mass is 16.6. The maximum atomic E-state index is 13.1. The average Bonchev–Trinajstić information content (AvgIpc) is 2.59. The number of benzene rings is 1. The predicted molar refractivity (Wildman–Crippen MR) is 113 cm³/mol. The molecule has 0 aromatic heterocycles. The molecule has 0 radical (unpaired) electrons. The van der Waals surface area contributed by atoms with Gasteiger partial charge in [-0.15, -0.1) is 0 Å². The third-order valence-electron chi connectivity index (χ3n) is 4.83. The van der Waals surface area contributed by atoms with Gasteiger partial charge in [-0.25, -0.2) is 4.79 Å². The van der Waals surface area contributed by atoms with Gasteiger partial charge in [-0.3, -0.25) is 4.99 Å². The molecule has 2 rings (SSSR count). The van der Waals surface area contributed by atoms with Gasteiger partial charge in [0, 0.05) is 17.3 Å². The second kappa shape index (κ2) is 8.73. The van der Waals surface area contributed by atoms with Gasteiger partial charge >= 0.3 is 5.97 Å². The summed E-state index contributed by atoms with van der Waals surface area (Å²) < 4.78 is 5.68. The molecule has 4 heteroatoms. The van der Waals surface area contributed by atoms with Crippen LogP contribution in [-0.2, 0) is 16.0 Å². The van der Waals surface area contributed by atoms with E-state index < -0.39 is 11.5 Å². The van der Waals surface area contributed by atoms with Crippen LogP contribution in [0.15, 0.2) is 40.5 Å². The minimum atomic E-state index is -0.606. The largest absolute Gasteiger partial charge is 0.457 e. The highest BCUT2D eigenvalue weighted by Crippen LogP contribution is 2.41. The van der Waals surface area contributed by atoms with E-state index in [0.717, 1.165) is 24.1 Å². The van der Waals surface area contributed by atoms with E-state index in [2.05, 4.69) is 44.0 Å². The van der Waals surface area contributed by atoms with Crippen molar-refractivity contribution in [3.8, 4) is 6.07 Å². The van der Waals surface area contributed by atoms with Crippen molar-refractivity contribution in [2.75, 3.05) is 0 Å². The fourth-order valence-electron chi connectivity index (χ4n) is 3.60. The minimum absolute atomic E-state index is 0.364. The number of carbonyl (C=O) groups is 1. The Hall–Kier alpha value is -2.41. The second-order valence-corrected chi connectivity index (χ2v) is 8.88. The maximum Gasteiger partial charge on any atom is 0.337 e. The van der Waals surface area contributed by atoms with Gasteiger partial charge in [0.1, 0.15) is 5.60 Å². The fourth-order valence-corrected chi connectivity index (χ4v) is 3.60. The molecule has 1 aromatic carbocycles. The summed E-state index contributed by atoms with van der Waals surface area (Å²) in [4.78, 5) is 17.8. The Morgan fingerprint density at radius 3 is 2.32 bits per heavy atom. The SMILES string of the molecule is CCc1ccc(C2C(C(=O)OC(C)(C)C)=C(C)N=C(CC(C)C)C2C#N)cc1. The standard InChI is InChI=1S/C24H32N2O2/c1-8-17-9-11-18(12-10-17)22-19(14-25)20(13-15(2)3)26-16(4)21(22)23(27)28-24(5,6)7/h9-12,15,19,22H,8,13H2,1-7H3. The Labute approximate surface area is 169 Å². The van der Waals surface area contributed by atoms with Crippen LogP contribution in [0.4, 0.5) is 0 Å². The van der Waals surface area contributed by atoms with Gasteiger partial charge in [0.15, 0.2) is 0 Å². The molecule has 0 amide bonds. The summed E-state index contributed by atoms with van der Waals surface area (Å²) in [5.41, 5.74) is 3.58. The molecule has 2 unspecified atom stereocenters. The lowest BCUT2D eigenvalue weighted by molar-refractivity contribution is -0.150. The first-order chi connectivity index (χ1) is 13.1. The van der Waals surface area contributed by atoms with Crippen molar-refractivity contribution in [3.05, 3.63) is 46.7 Å². The summed E-state index contributed by atoms with van der Waals surface area (Å²) >= 11 is 0. The second-order valence-electron chi connectivity index (χ2n) is 8.88. The first-order valence-corrected chi connectivity index (χ1v) is 10.1. The third kappa shape index (κ3) is 5.10. The molecule has 28 heavy (non-hydrogen) atoms. The van der Waals surface area contributed by atoms with Crippen molar-refractivity contribution >= 4 is 11.7 Å². The van der Waals surface area contributed by atoms with Crippen molar-refractivity contribution in [3.63, 3.8) is 0 Å². The van der Waals surface area contributed by atoms with Crippen LogP contribution in [0.5, 0.6) is 0 Å². The van der Waals surface area contributed by atoms with Crippen LogP contribution in [0.2, 0.25) is 0 Å². The Morgan fingerprint density at radius 2 is 1.86 bits per heavy atom. The summed E-state index contributed by atoms with van der Waals surface area (Å²) in [7, 11) is 0. The number of aliphatic imine (C=N–C) groups is 1. The molecule has 2 atom stereocenters. The van der Waals surface area contributed by atoms with E-state index in [0.29, 0.717) is 17.2 Å². The van der Waals surface area contributed by atoms with Gasteiger partial charge in [0.05, 0.1) is 17.6 Å². The lowest BCUT2D eigenvalue weighted by Gasteiger charge is -2.32. The molecule has 4 nitrogen and oxygen atoms in total. The molecule has 0 spiro atoms. The lowest BCUT2D eigenvalue weighted by atomic mass is 9.74. The van der Waals surface area contributed by atoms with E-state index in [1.165, 1.54) is 5.56 Å². The molecule has 0 saturated heterocycles. The third-order valence-corrected chi connectivity index (χ3v) is 4.83. The molecular weight excluding hydrogens is 348 g/mol. The molecule has 0 aliphatic carbocycles. The molecule has 0 saturated carbocycles. The van der Waals surface area contributed by atoms with Crippen LogP contribution in [0.3, 0.4) is 0 Å². The molecule has 1 aromatic rings. The molecular formula is C24H32N2O2. The van der Waals surface area contributed by atoms with Crippen LogP contribution < -0.4 is 0 Å². The Morgan fingerprint density at radius 1 is 1.25 bits per heavy atom. The summed E-state index contributed by atoms with van der Waals surface area (Å²) in [6, 6.07) is 10.6. The van der Waals surface area contributed by atoms with Gasteiger partial charge in [-0.1, -0.05) is 45.0 Å². The maximum absolute atomic E-state index is 13.1. The van der Waals surface area contributed by atoms with Gasteiger partial charge in [0.25, 0.3) is 0 Å². The monoisotopic (exact) mass is 380 g/mol. The van der Waals surface area contributed by atoms with E-state index in [1.54, 1.807) is 0 Å². The summed E-state index contributed by atoms with van der Waals surface area (Å²) in [6.45, 7) is 13.7. The number of rotatable bonds is 5. The fraction of sp³-hybridized carbons (Fsp3) is 0.542. The molecule has 0 N–H and O–H groups in total. The number of hydrogen-bond donors (Lipinski definition) is 0. The van der Waals surface area contributed by atoms with Crippen LogP contribution in [0.1, 0.15) is 71.9 Å². The van der Waals surface area contributed by atoms with Crippen molar-refractivity contribution in [2.24, 2.45) is 16.8 Å². The molecule has 1 heterocycles. The first kappa shape index (κ1) is 21.9. The number of nitriles is 1. The van der Waals surface area contributed by atoms with E-state index in [4.69, 9.17) is 4.74 Å². The van der Waals surface area contributed by atoms with Crippen LogP contribution in [0.25, 0.3) is 0 Å². The van der Waals surface area contributed by atoms with Crippen LogP contribution >= 0.6 is 0 Å². The highest BCUT2D eigenvalue weighted by molar-refractivity contribution is 5.99. The smallest absolute Gasteiger partial charge is 0.337 e. The number of hydrogen-bond acceptors (Lipinski definition) is 4. The zero-order valence-electron chi connectivity index (χ0n) is 18.2. The van der Waals surface area contributed by atoms with Gasteiger partial charge in [-0.05, 0) is 57.6 Å². The average molecular weight is 381 g/mol. The highest BCUT2D eigenvalue weighted by Gasteiger charge is 2.40. The zero-order chi connectivity index (χ0) is 21.1. The normalized spacial score (nSPS) is 20.0. The van der Waals surface area contributed by atoms with Crippen molar-refractivity contribution < 1.29 is 9.53 Å². The molecule has 0 fully saturated rings. The van der Waals surface area contributed by atoms with Gasteiger partial charge < -0.3 is 4.74 Å². The molecule has 1 aliphatic heterocycles. The number of carbonyl (C=O) groups excluding carboxylic acids is 1. The Kier molecular flexibility index (Phi) is 6.82. The topological polar surface area (TPSA) is 62.4 Å². The zero-order valence-corrected chi connectivity index (χ0v) is 18.2. The summed E-state index contributed by atoms with van der Waals surface area (Å²) in [5, 5.41) is 10.0. The first-order valence-electron chi connectivity index (χ1n) is 10.1. The summed E-state index contributed by atoms with van der Waals surface area (Å²) in [6.07, 6.45) is 1.68. The van der Waals surface area contributed by atoms with E-state index in [-0.39, 0.29) is 11.9 Å². The Bertz CT molecular complexity index is 818. The molecule has 150 valence electrons. The minimum Gasteiger partial charge on any atom is -0.457 e. The lowest BCUT2D eigenvalue weighted by Crippen LogP contribution is -2.34. The van der Waals surface area contributed by atoms with Gasteiger partial charge in [0.2, 0.25) is 0 Å². The number of ether oxygens (including phenoxy) is 1. The number of nitrogens with zero attached hydrogens (tertiary/aromatic N) is 2. The van der Waals surface area contributed by atoms with E-state index >= 15 is 0 Å². The molecule has 0 bridgehead atoms. The number of esters is 1. The van der Waals surface area contributed by atoms with E-state index in [1.807, 2.05) is 39.8 Å². The summed E-state index contributed by atoms with van der Waals surface area (Å²) in [5.74, 6) is -0.839. The number of allylic oxidation sites excluding steroid dienone is 1. The van der Waals surface area contributed by atoms with Crippen molar-refractivity contribution in [1.29, 1.82) is 5.26 Å². The molecule has 1 aliphatic rings. The van der Waals surface area contributed by atoms with Crippen LogP contribution in [0, 0.1) is 23.2 Å². The van der Waals surface area contributed by atoms with Crippen LogP contribution in [-0.4, -0.2) is 17.3 Å². The van der Waals surface area contributed by atoms with E-state index in [9.17, 15) is 10.1 Å². The quantitative estimate of drug-likeness (QED) is 0.626. The Balaban J connectivity index is 2.60. The van der Waals surface area contributed by atoms with Crippen molar-refractivity contribution in [2.45, 2.75) is 72.8 Å². The van der Waals surface area contributed by atoms with Gasteiger partial charge in [-0.2, -0.15) is 5.26 Å². The predicted octanol–water partition coefficient (Wildman–Crippen LogP) is 5.59.